The molecule has 0 amide bonds. The van der Waals surface area contributed by atoms with Crippen molar-refractivity contribution in [3.8, 4) is 5.75 Å². The number of ketones is 2. The van der Waals surface area contributed by atoms with E-state index in [0.29, 0.717) is 17.6 Å². The molecular formula is C30H24O3. The minimum atomic E-state index is -1.17. The first-order chi connectivity index (χ1) is 16.1. The largest absolute Gasteiger partial charge is 0.508 e. The Kier molecular flexibility index (Phi) is 5.18. The first-order valence-electron chi connectivity index (χ1n) is 11.1. The number of rotatable bonds is 4. The van der Waals surface area contributed by atoms with Crippen LogP contribution in [0.15, 0.2) is 115 Å². The van der Waals surface area contributed by atoms with Crippen LogP contribution in [-0.2, 0) is 15.0 Å². The number of hydrogen-bond donors (Lipinski definition) is 1. The van der Waals surface area contributed by atoms with Crippen LogP contribution >= 0.6 is 0 Å². The van der Waals surface area contributed by atoms with Crippen molar-refractivity contribution in [1.82, 2.24) is 0 Å². The van der Waals surface area contributed by atoms with E-state index in [0.717, 1.165) is 16.7 Å². The molecule has 2 aliphatic rings. The molecule has 0 aromatic heterocycles. The van der Waals surface area contributed by atoms with E-state index >= 15 is 0 Å². The first-order valence-corrected chi connectivity index (χ1v) is 11.1. The van der Waals surface area contributed by atoms with E-state index in [-0.39, 0.29) is 17.3 Å². The molecule has 5 rings (SSSR count). The van der Waals surface area contributed by atoms with Gasteiger partial charge in [-0.3, -0.25) is 9.59 Å². The summed E-state index contributed by atoms with van der Waals surface area (Å²) in [7, 11) is 0. The van der Waals surface area contributed by atoms with Gasteiger partial charge in [-0.25, -0.2) is 0 Å². The van der Waals surface area contributed by atoms with Crippen molar-refractivity contribution < 1.29 is 14.7 Å². The summed E-state index contributed by atoms with van der Waals surface area (Å²) in [5.74, 6) is -1.21. The molecule has 0 aliphatic heterocycles. The molecule has 3 aromatic rings. The third-order valence-electron chi connectivity index (χ3n) is 7.01. The zero-order chi connectivity index (χ0) is 23.0. The highest BCUT2D eigenvalue weighted by atomic mass is 16.3. The second kappa shape index (κ2) is 8.18. The van der Waals surface area contributed by atoms with Crippen LogP contribution in [-0.4, -0.2) is 16.7 Å². The Hall–Kier alpha value is -3.98. The van der Waals surface area contributed by atoms with Gasteiger partial charge in [-0.2, -0.15) is 0 Å². The number of para-hydroxylation sites is 1. The normalized spacial score (nSPS) is 24.5. The topological polar surface area (TPSA) is 54.4 Å². The van der Waals surface area contributed by atoms with Crippen molar-refractivity contribution in [3.05, 3.63) is 132 Å². The highest BCUT2D eigenvalue weighted by Crippen LogP contribution is 2.58. The molecule has 162 valence electrons. The second-order valence-electron chi connectivity index (χ2n) is 8.58. The summed E-state index contributed by atoms with van der Waals surface area (Å²) in [6, 6.07) is 25.9. The van der Waals surface area contributed by atoms with Crippen LogP contribution in [0.5, 0.6) is 5.75 Å². The number of allylic oxidation sites excluding steroid dienone is 5. The molecule has 3 atom stereocenters. The van der Waals surface area contributed by atoms with Crippen molar-refractivity contribution >= 4 is 17.1 Å². The van der Waals surface area contributed by atoms with Gasteiger partial charge in [0.25, 0.3) is 0 Å². The quantitative estimate of drug-likeness (QED) is 0.568. The highest BCUT2D eigenvalue weighted by molar-refractivity contribution is 6.31. The standard InChI is InChI=1S/C30H24O3/c1-2-20-17-18-25-29(33)24(21-11-5-3-6-12-21)19-27(32)30(25,22-13-7-4-8-14-22)28(20)23-15-9-10-16-26(23)31/h2-17,19,25,28,31H,1,18H2. The second-order valence-corrected chi connectivity index (χ2v) is 8.58. The van der Waals surface area contributed by atoms with Crippen LogP contribution in [0.25, 0.3) is 5.57 Å². The minimum Gasteiger partial charge on any atom is -0.508 e. The maximum Gasteiger partial charge on any atom is 0.168 e. The average Bonchev–Trinajstić information content (AvgIpc) is 2.86. The summed E-state index contributed by atoms with van der Waals surface area (Å²) < 4.78 is 0. The Labute approximate surface area is 193 Å². The lowest BCUT2D eigenvalue weighted by Gasteiger charge is -2.49. The number of aromatic hydroxyl groups is 1. The van der Waals surface area contributed by atoms with Crippen molar-refractivity contribution in [2.24, 2.45) is 5.92 Å². The third kappa shape index (κ3) is 3.12. The molecular weight excluding hydrogens is 408 g/mol. The van der Waals surface area contributed by atoms with Crippen molar-refractivity contribution in [3.63, 3.8) is 0 Å². The third-order valence-corrected chi connectivity index (χ3v) is 7.01. The number of Topliss-reactive ketones (excluding diaryl/α,β-unsaturated/α-hetero) is 1. The fourth-order valence-electron chi connectivity index (χ4n) is 5.58. The van der Waals surface area contributed by atoms with Gasteiger partial charge in [0.2, 0.25) is 0 Å². The van der Waals surface area contributed by atoms with Crippen LogP contribution in [0, 0.1) is 5.92 Å². The Balaban J connectivity index is 1.83. The smallest absolute Gasteiger partial charge is 0.168 e. The molecule has 0 radical (unpaired) electrons. The van der Waals surface area contributed by atoms with Crippen LogP contribution in [0.3, 0.4) is 0 Å². The van der Waals surface area contributed by atoms with Gasteiger partial charge < -0.3 is 5.11 Å². The molecule has 3 nitrogen and oxygen atoms in total. The van der Waals surface area contributed by atoms with Crippen LogP contribution in [0.1, 0.15) is 29.0 Å². The predicted molar refractivity (Wildman–Crippen MR) is 130 cm³/mol. The monoisotopic (exact) mass is 432 g/mol. The van der Waals surface area contributed by atoms with Crippen LogP contribution in [0.4, 0.5) is 0 Å². The van der Waals surface area contributed by atoms with E-state index < -0.39 is 17.3 Å². The Morgan fingerprint density at radius 1 is 0.879 bits per heavy atom. The lowest BCUT2D eigenvalue weighted by Crippen LogP contribution is -2.54. The Morgan fingerprint density at radius 3 is 2.18 bits per heavy atom. The molecule has 0 bridgehead atoms. The van der Waals surface area contributed by atoms with Gasteiger partial charge >= 0.3 is 0 Å². The molecule has 2 aliphatic carbocycles. The lowest BCUT2D eigenvalue weighted by molar-refractivity contribution is -0.131. The van der Waals surface area contributed by atoms with Gasteiger partial charge in [-0.1, -0.05) is 97.6 Å². The molecule has 0 saturated heterocycles. The van der Waals surface area contributed by atoms with E-state index in [2.05, 4.69) is 6.58 Å². The molecule has 3 unspecified atom stereocenters. The van der Waals surface area contributed by atoms with E-state index in [1.165, 1.54) is 6.08 Å². The highest BCUT2D eigenvalue weighted by Gasteiger charge is 2.59. The first kappa shape index (κ1) is 20.9. The Morgan fingerprint density at radius 2 is 1.52 bits per heavy atom. The summed E-state index contributed by atoms with van der Waals surface area (Å²) in [5.41, 5.74) is 2.26. The lowest BCUT2D eigenvalue weighted by atomic mass is 9.50. The SMILES string of the molecule is C=CC1=CCC2C(=O)C(c3ccccc3)=CC(=O)C2(c2ccccc2)C1c1ccccc1O. The molecule has 3 aromatic carbocycles. The Bertz CT molecular complexity index is 1300. The summed E-state index contributed by atoms with van der Waals surface area (Å²) in [6.07, 6.45) is 5.68. The van der Waals surface area contributed by atoms with Gasteiger partial charge in [0, 0.05) is 23.0 Å². The van der Waals surface area contributed by atoms with E-state index in [1.54, 1.807) is 18.2 Å². The fourth-order valence-corrected chi connectivity index (χ4v) is 5.58. The fraction of sp³-hybridized carbons (Fsp3) is 0.133. The summed E-state index contributed by atoms with van der Waals surface area (Å²) >= 11 is 0. The van der Waals surface area contributed by atoms with Crippen LogP contribution in [0.2, 0.25) is 0 Å². The number of phenols is 1. The summed E-state index contributed by atoms with van der Waals surface area (Å²) in [4.78, 5) is 28.3. The maximum absolute atomic E-state index is 14.3. The zero-order valence-corrected chi connectivity index (χ0v) is 18.1. The summed E-state index contributed by atoms with van der Waals surface area (Å²) in [6.45, 7) is 4.00. The van der Waals surface area contributed by atoms with Crippen molar-refractivity contribution in [1.29, 1.82) is 0 Å². The number of fused-ring (bicyclic) bond motifs is 1. The molecule has 33 heavy (non-hydrogen) atoms. The molecule has 3 heteroatoms. The van der Waals surface area contributed by atoms with Gasteiger partial charge in [0.15, 0.2) is 11.6 Å². The minimum absolute atomic E-state index is 0.0514. The number of carbonyl (C=O) groups excluding carboxylic acids is 2. The van der Waals surface area contributed by atoms with Gasteiger partial charge in [-0.15, -0.1) is 0 Å². The van der Waals surface area contributed by atoms with E-state index in [9.17, 15) is 14.7 Å². The van der Waals surface area contributed by atoms with Crippen molar-refractivity contribution in [2.75, 3.05) is 0 Å². The van der Waals surface area contributed by atoms with E-state index in [4.69, 9.17) is 0 Å². The molecule has 0 fully saturated rings. The average molecular weight is 433 g/mol. The van der Waals surface area contributed by atoms with Gasteiger partial charge in [-0.05, 0) is 35.3 Å². The van der Waals surface area contributed by atoms with E-state index in [1.807, 2.05) is 78.9 Å². The number of carbonyl (C=O) groups is 2. The predicted octanol–water partition coefficient (Wildman–Crippen LogP) is 5.78. The number of phenolic OH excluding ortho intramolecular Hbond substituents is 1. The molecule has 0 saturated carbocycles. The summed E-state index contributed by atoms with van der Waals surface area (Å²) in [5, 5.41) is 10.8. The zero-order valence-electron chi connectivity index (χ0n) is 18.1. The van der Waals surface area contributed by atoms with Gasteiger partial charge in [0.05, 0.1) is 5.41 Å². The molecule has 0 heterocycles. The van der Waals surface area contributed by atoms with Crippen LogP contribution < -0.4 is 0 Å². The molecule has 0 spiro atoms. The van der Waals surface area contributed by atoms with Crippen molar-refractivity contribution in [2.45, 2.75) is 17.8 Å². The number of benzene rings is 3. The van der Waals surface area contributed by atoms with Gasteiger partial charge in [0.1, 0.15) is 5.75 Å². The molecule has 1 N–H and O–H groups in total. The number of hydrogen-bond acceptors (Lipinski definition) is 3. The maximum atomic E-state index is 14.3.